The lowest BCUT2D eigenvalue weighted by Crippen LogP contribution is -2.43. The number of aliphatic hydroxyl groups is 1. The van der Waals surface area contributed by atoms with E-state index >= 15 is 0 Å². The standard InChI is InChI=1S/C11H18N4O3/c12-9-8(5-14-15-9)10(17)13-6-11(7-16)1-3-18-4-2-11/h5,16H,1-4,6-7H2,(H,13,17)(H3,12,14,15). The normalized spacial score (nSPS) is 18.5. The van der Waals surface area contributed by atoms with Gasteiger partial charge >= 0.3 is 0 Å². The maximum Gasteiger partial charge on any atom is 0.256 e. The third-order valence-electron chi connectivity index (χ3n) is 3.43. The lowest BCUT2D eigenvalue weighted by Gasteiger charge is -2.35. The minimum atomic E-state index is -0.285. The van der Waals surface area contributed by atoms with Crippen LogP contribution >= 0.6 is 0 Å². The third kappa shape index (κ3) is 2.62. The quantitative estimate of drug-likeness (QED) is 0.579. The van der Waals surface area contributed by atoms with E-state index in [1.165, 1.54) is 6.20 Å². The number of H-pyrrole nitrogens is 1. The minimum Gasteiger partial charge on any atom is -0.396 e. The van der Waals surface area contributed by atoms with Gasteiger partial charge in [-0.25, -0.2) is 0 Å². The van der Waals surface area contributed by atoms with Crippen molar-refractivity contribution in [2.24, 2.45) is 5.41 Å². The van der Waals surface area contributed by atoms with Crippen LogP contribution in [0.4, 0.5) is 5.82 Å². The van der Waals surface area contributed by atoms with E-state index in [0.717, 1.165) is 12.8 Å². The number of aromatic amines is 1. The molecule has 0 radical (unpaired) electrons. The van der Waals surface area contributed by atoms with Gasteiger partial charge in [-0.3, -0.25) is 9.89 Å². The first-order chi connectivity index (χ1) is 8.67. The molecule has 0 bridgehead atoms. The van der Waals surface area contributed by atoms with Crippen LogP contribution in [0, 0.1) is 5.41 Å². The number of aromatic nitrogens is 2. The lowest BCUT2D eigenvalue weighted by atomic mass is 9.81. The summed E-state index contributed by atoms with van der Waals surface area (Å²) in [7, 11) is 0. The van der Waals surface area contributed by atoms with Crippen LogP contribution in [0.25, 0.3) is 0 Å². The van der Waals surface area contributed by atoms with Gasteiger partial charge in [-0.2, -0.15) is 5.10 Å². The molecule has 0 saturated carbocycles. The molecule has 7 nitrogen and oxygen atoms in total. The summed E-state index contributed by atoms with van der Waals surface area (Å²) in [6.45, 7) is 1.68. The Balaban J connectivity index is 1.94. The molecule has 1 amide bonds. The Kier molecular flexibility index (Phi) is 3.83. The molecule has 18 heavy (non-hydrogen) atoms. The molecule has 100 valence electrons. The second-order valence-corrected chi connectivity index (χ2v) is 4.65. The first-order valence-electron chi connectivity index (χ1n) is 5.92. The summed E-state index contributed by atoms with van der Waals surface area (Å²) < 4.78 is 5.27. The first-order valence-corrected chi connectivity index (χ1v) is 5.92. The number of hydrogen-bond acceptors (Lipinski definition) is 5. The topological polar surface area (TPSA) is 113 Å². The molecule has 7 heteroatoms. The molecule has 0 unspecified atom stereocenters. The van der Waals surface area contributed by atoms with Crippen LogP contribution in [0.5, 0.6) is 0 Å². The van der Waals surface area contributed by atoms with Gasteiger partial charge in [0.05, 0.1) is 12.8 Å². The Bertz CT molecular complexity index is 412. The molecule has 1 aromatic rings. The van der Waals surface area contributed by atoms with Crippen molar-refractivity contribution in [3.63, 3.8) is 0 Å². The zero-order chi connectivity index (χ0) is 13.0. The molecule has 5 N–H and O–H groups in total. The molecule has 0 aromatic carbocycles. The van der Waals surface area contributed by atoms with Gasteiger partial charge in [0, 0.05) is 25.2 Å². The largest absolute Gasteiger partial charge is 0.396 e. The summed E-state index contributed by atoms with van der Waals surface area (Å²) in [6.07, 6.45) is 2.87. The Morgan fingerprint density at radius 1 is 1.61 bits per heavy atom. The van der Waals surface area contributed by atoms with E-state index in [0.29, 0.717) is 25.3 Å². The van der Waals surface area contributed by atoms with Crippen molar-refractivity contribution < 1.29 is 14.6 Å². The summed E-state index contributed by atoms with van der Waals surface area (Å²) >= 11 is 0. The van der Waals surface area contributed by atoms with Gasteiger partial charge in [0.2, 0.25) is 0 Å². The second kappa shape index (κ2) is 5.36. The van der Waals surface area contributed by atoms with E-state index < -0.39 is 0 Å². The Morgan fingerprint density at radius 3 is 2.89 bits per heavy atom. The van der Waals surface area contributed by atoms with Crippen LogP contribution in [0.1, 0.15) is 23.2 Å². The van der Waals surface area contributed by atoms with E-state index in [-0.39, 0.29) is 23.7 Å². The summed E-state index contributed by atoms with van der Waals surface area (Å²) in [5.74, 6) is -0.0295. The predicted octanol–water partition coefficient (Wildman–Crippen LogP) is -0.489. The number of rotatable bonds is 4. The summed E-state index contributed by atoms with van der Waals surface area (Å²) in [5.41, 5.74) is 5.61. The molecule has 1 aliphatic heterocycles. The molecule has 2 heterocycles. The highest BCUT2D eigenvalue weighted by Crippen LogP contribution is 2.29. The average Bonchev–Trinajstić information content (AvgIpc) is 2.83. The maximum absolute atomic E-state index is 11.9. The van der Waals surface area contributed by atoms with Gasteiger partial charge < -0.3 is 20.9 Å². The molecule has 0 spiro atoms. The Labute approximate surface area is 105 Å². The molecule has 2 rings (SSSR count). The molecular formula is C11H18N4O3. The SMILES string of the molecule is Nc1[nH]ncc1C(=O)NCC1(CO)CCOCC1. The molecule has 0 atom stereocenters. The highest BCUT2D eigenvalue weighted by atomic mass is 16.5. The molecular weight excluding hydrogens is 236 g/mol. The molecule has 1 aliphatic rings. The van der Waals surface area contributed by atoms with E-state index in [2.05, 4.69) is 15.5 Å². The van der Waals surface area contributed by atoms with E-state index in [1.807, 2.05) is 0 Å². The highest BCUT2D eigenvalue weighted by Gasteiger charge is 2.32. The number of aliphatic hydroxyl groups excluding tert-OH is 1. The first kappa shape index (κ1) is 12.8. The number of amides is 1. The van der Waals surface area contributed by atoms with Crippen molar-refractivity contribution in [1.82, 2.24) is 15.5 Å². The van der Waals surface area contributed by atoms with E-state index in [9.17, 15) is 9.90 Å². The van der Waals surface area contributed by atoms with Crippen LogP contribution in [-0.2, 0) is 4.74 Å². The number of nitrogens with one attached hydrogen (secondary N) is 2. The number of ether oxygens (including phenoxy) is 1. The Morgan fingerprint density at radius 2 is 2.33 bits per heavy atom. The van der Waals surface area contributed by atoms with Crippen LogP contribution in [0.3, 0.4) is 0 Å². The van der Waals surface area contributed by atoms with E-state index in [4.69, 9.17) is 10.5 Å². The lowest BCUT2D eigenvalue weighted by molar-refractivity contribution is -0.0146. The fraction of sp³-hybridized carbons (Fsp3) is 0.636. The molecule has 1 saturated heterocycles. The van der Waals surface area contributed by atoms with Gasteiger partial charge in [-0.05, 0) is 12.8 Å². The third-order valence-corrected chi connectivity index (χ3v) is 3.43. The van der Waals surface area contributed by atoms with Crippen LogP contribution in [0.15, 0.2) is 6.20 Å². The van der Waals surface area contributed by atoms with Crippen molar-refractivity contribution in [3.8, 4) is 0 Å². The fourth-order valence-electron chi connectivity index (χ4n) is 2.04. The monoisotopic (exact) mass is 254 g/mol. The van der Waals surface area contributed by atoms with Gasteiger partial charge in [0.1, 0.15) is 11.4 Å². The van der Waals surface area contributed by atoms with Crippen molar-refractivity contribution in [1.29, 1.82) is 0 Å². The van der Waals surface area contributed by atoms with Crippen molar-refractivity contribution >= 4 is 11.7 Å². The van der Waals surface area contributed by atoms with Gasteiger partial charge in [0.25, 0.3) is 5.91 Å². The number of carbonyl (C=O) groups excluding carboxylic acids is 1. The summed E-state index contributed by atoms with van der Waals surface area (Å²) in [6, 6.07) is 0. The zero-order valence-corrected chi connectivity index (χ0v) is 10.1. The smallest absolute Gasteiger partial charge is 0.256 e. The highest BCUT2D eigenvalue weighted by molar-refractivity contribution is 5.98. The number of carbonyl (C=O) groups is 1. The second-order valence-electron chi connectivity index (χ2n) is 4.65. The van der Waals surface area contributed by atoms with Crippen molar-refractivity contribution in [2.45, 2.75) is 12.8 Å². The van der Waals surface area contributed by atoms with E-state index in [1.54, 1.807) is 0 Å². The number of anilines is 1. The van der Waals surface area contributed by atoms with Gasteiger partial charge in [-0.1, -0.05) is 0 Å². The fourth-order valence-corrected chi connectivity index (χ4v) is 2.04. The van der Waals surface area contributed by atoms with Crippen LogP contribution in [0.2, 0.25) is 0 Å². The van der Waals surface area contributed by atoms with Crippen molar-refractivity contribution in [2.75, 3.05) is 32.1 Å². The number of nitrogen functional groups attached to an aromatic ring is 1. The summed E-state index contributed by atoms with van der Waals surface area (Å²) in [4.78, 5) is 11.9. The molecule has 1 fully saturated rings. The number of nitrogens with two attached hydrogens (primary N) is 1. The average molecular weight is 254 g/mol. The van der Waals surface area contributed by atoms with Crippen LogP contribution < -0.4 is 11.1 Å². The number of hydrogen-bond donors (Lipinski definition) is 4. The minimum absolute atomic E-state index is 0.0392. The number of nitrogens with zero attached hydrogens (tertiary/aromatic N) is 1. The van der Waals surface area contributed by atoms with Gasteiger partial charge in [0.15, 0.2) is 0 Å². The molecule has 0 aliphatic carbocycles. The maximum atomic E-state index is 11.9. The Hall–Kier alpha value is -1.60. The molecule has 1 aromatic heterocycles. The van der Waals surface area contributed by atoms with Gasteiger partial charge in [-0.15, -0.1) is 0 Å². The zero-order valence-electron chi connectivity index (χ0n) is 10.1. The predicted molar refractivity (Wildman–Crippen MR) is 64.9 cm³/mol. The summed E-state index contributed by atoms with van der Waals surface area (Å²) in [5, 5.41) is 18.5. The van der Waals surface area contributed by atoms with Crippen LogP contribution in [-0.4, -0.2) is 47.6 Å². The van der Waals surface area contributed by atoms with Crippen molar-refractivity contribution in [3.05, 3.63) is 11.8 Å².